The van der Waals surface area contributed by atoms with Gasteiger partial charge in [0.05, 0.1) is 6.42 Å². The summed E-state index contributed by atoms with van der Waals surface area (Å²) < 4.78 is 0. The van der Waals surface area contributed by atoms with Gasteiger partial charge in [0, 0.05) is 67.5 Å². The summed E-state index contributed by atoms with van der Waals surface area (Å²) in [4.78, 5) is 58.8. The molecule has 5 rings (SSSR count). The second-order valence-corrected chi connectivity index (χ2v) is 11.9. The van der Waals surface area contributed by atoms with Gasteiger partial charge in [0.2, 0.25) is 23.8 Å². The van der Waals surface area contributed by atoms with Crippen molar-refractivity contribution in [1.82, 2.24) is 49.8 Å². The van der Waals surface area contributed by atoms with Crippen LogP contribution in [-0.2, 0) is 4.79 Å². The van der Waals surface area contributed by atoms with E-state index in [0.29, 0.717) is 41.2 Å². The summed E-state index contributed by atoms with van der Waals surface area (Å²) in [5, 5.41) is 8.93. The van der Waals surface area contributed by atoms with Crippen LogP contribution in [0.25, 0.3) is 0 Å². The molecule has 0 bridgehead atoms. The maximum Gasteiger partial charge on any atom is 0.251 e. The number of halogens is 1. The molecule has 3 aromatic rings. The lowest BCUT2D eigenvalue weighted by molar-refractivity contribution is -0.115. The van der Waals surface area contributed by atoms with Crippen molar-refractivity contribution in [3.05, 3.63) is 59.7 Å². The number of hydrogen-bond acceptors (Lipinski definition) is 14. The van der Waals surface area contributed by atoms with Crippen LogP contribution in [0.2, 0.25) is 0 Å². The van der Waals surface area contributed by atoms with E-state index in [1.165, 1.54) is 12.8 Å². The molecular formula is C34H66ClN13O3. The third kappa shape index (κ3) is 13.7. The third-order valence-corrected chi connectivity index (χ3v) is 8.42. The molecule has 3 heterocycles. The maximum absolute atomic E-state index is 12.9. The SMILES string of the molecule is CCN(C)CCNC(=O)c1ccc(NC(=O)CC(=O)c2ccc(Nc3nc(N4CCCCC4)nc(N4CCCCC4)n3)cc2)cc1.Cl.N.N.N.N.[HH].[HH].[HH].[HH]. The zero-order valence-electron chi connectivity index (χ0n) is 30.2. The number of benzene rings is 2. The first-order valence-corrected chi connectivity index (χ1v) is 16.4. The van der Waals surface area contributed by atoms with Crippen molar-refractivity contribution in [2.75, 3.05) is 73.3 Å². The molecule has 2 aromatic carbocycles. The number of nitrogens with one attached hydrogen (secondary N) is 3. The van der Waals surface area contributed by atoms with Gasteiger partial charge in [0.1, 0.15) is 0 Å². The van der Waals surface area contributed by atoms with Crippen molar-refractivity contribution < 1.29 is 20.1 Å². The normalized spacial score (nSPS) is 13.5. The van der Waals surface area contributed by atoms with Gasteiger partial charge >= 0.3 is 0 Å². The lowest BCUT2D eigenvalue weighted by Gasteiger charge is -2.30. The van der Waals surface area contributed by atoms with Crippen molar-refractivity contribution in [1.29, 1.82) is 0 Å². The highest BCUT2D eigenvalue weighted by atomic mass is 35.5. The van der Waals surface area contributed by atoms with E-state index >= 15 is 0 Å². The number of rotatable bonds is 13. The number of amides is 2. The molecule has 2 aliphatic heterocycles. The molecule has 2 saturated heterocycles. The van der Waals surface area contributed by atoms with E-state index in [0.717, 1.165) is 70.6 Å². The van der Waals surface area contributed by atoms with Gasteiger partial charge < -0.3 is 55.3 Å². The molecule has 0 spiro atoms. The molecule has 0 atom stereocenters. The van der Waals surface area contributed by atoms with Crippen LogP contribution in [0.5, 0.6) is 0 Å². The quantitative estimate of drug-likeness (QED) is 0.0724. The van der Waals surface area contributed by atoms with E-state index in [4.69, 9.17) is 15.0 Å². The van der Waals surface area contributed by atoms with Gasteiger partial charge in [-0.15, -0.1) is 12.4 Å². The van der Waals surface area contributed by atoms with Gasteiger partial charge in [-0.05, 0) is 101 Å². The lowest BCUT2D eigenvalue weighted by Crippen LogP contribution is -2.34. The number of nitrogens with zero attached hydrogens (tertiary/aromatic N) is 6. The maximum atomic E-state index is 12.9. The van der Waals surface area contributed by atoms with Crippen LogP contribution in [0.3, 0.4) is 0 Å². The minimum Gasteiger partial charge on any atom is -0.351 e. The number of likely N-dealkylation sites (N-methyl/N-ethyl adjacent to an activating group) is 1. The number of ketones is 1. The smallest absolute Gasteiger partial charge is 0.251 e. The highest BCUT2D eigenvalue weighted by molar-refractivity contribution is 6.11. The Labute approximate surface area is 313 Å². The number of anilines is 5. The molecule has 2 amide bonds. The predicted molar refractivity (Wildman–Crippen MR) is 217 cm³/mol. The first-order valence-electron chi connectivity index (χ1n) is 16.4. The van der Waals surface area contributed by atoms with Gasteiger partial charge in [0.25, 0.3) is 5.91 Å². The van der Waals surface area contributed by atoms with E-state index in [9.17, 15) is 14.4 Å². The molecule has 1 aromatic heterocycles. The Morgan fingerprint density at radius 2 is 1.22 bits per heavy atom. The summed E-state index contributed by atoms with van der Waals surface area (Å²) in [6.07, 6.45) is 6.67. The van der Waals surface area contributed by atoms with E-state index in [1.807, 2.05) is 7.05 Å². The van der Waals surface area contributed by atoms with E-state index in [-0.39, 0.29) is 60.8 Å². The number of carbonyl (C=O) groups excluding carboxylic acids is 3. The molecule has 51 heavy (non-hydrogen) atoms. The number of piperidine rings is 2. The van der Waals surface area contributed by atoms with E-state index < -0.39 is 5.91 Å². The fourth-order valence-electron chi connectivity index (χ4n) is 5.53. The molecule has 15 N–H and O–H groups in total. The summed E-state index contributed by atoms with van der Waals surface area (Å²) in [5.74, 6) is 0.982. The Morgan fingerprint density at radius 1 is 0.725 bits per heavy atom. The minimum absolute atomic E-state index is 0. The molecule has 0 saturated carbocycles. The Bertz CT molecular complexity index is 1470. The van der Waals surface area contributed by atoms with Gasteiger partial charge in [-0.3, -0.25) is 14.4 Å². The molecule has 16 nitrogen and oxygen atoms in total. The average Bonchev–Trinajstić information content (AvgIpc) is 3.09. The third-order valence-electron chi connectivity index (χ3n) is 8.42. The van der Waals surface area contributed by atoms with Crippen molar-refractivity contribution >= 4 is 59.2 Å². The zero-order chi connectivity index (χ0) is 32.3. The van der Waals surface area contributed by atoms with Crippen LogP contribution in [0, 0.1) is 0 Å². The number of Topliss-reactive ketones (excluding diaryl/α,β-unsaturated/α-hetero) is 1. The van der Waals surface area contributed by atoms with Crippen molar-refractivity contribution in [2.24, 2.45) is 0 Å². The molecular weight excluding hydrogens is 674 g/mol. The monoisotopic (exact) mass is 740 g/mol. The van der Waals surface area contributed by atoms with Crippen molar-refractivity contribution in [3.8, 4) is 0 Å². The summed E-state index contributed by atoms with van der Waals surface area (Å²) in [6.45, 7) is 8.04. The topological polar surface area (TPSA) is 276 Å². The van der Waals surface area contributed by atoms with Crippen LogP contribution in [0.1, 0.15) is 78.3 Å². The number of hydrogen-bond donors (Lipinski definition) is 7. The van der Waals surface area contributed by atoms with Crippen LogP contribution in [0.4, 0.5) is 29.2 Å². The van der Waals surface area contributed by atoms with Crippen molar-refractivity contribution in [2.45, 2.75) is 51.9 Å². The highest BCUT2D eigenvalue weighted by Crippen LogP contribution is 2.24. The Kier molecular flexibility index (Phi) is 21.1. The van der Waals surface area contributed by atoms with Gasteiger partial charge in [-0.25, -0.2) is 0 Å². The summed E-state index contributed by atoms with van der Waals surface area (Å²) >= 11 is 0. The van der Waals surface area contributed by atoms with Crippen LogP contribution in [-0.4, -0.2) is 90.3 Å². The standard InChI is InChI=1S/C34H45N9O3.ClH.4H3N.4H2/c1-3-41(2)23-18-35-31(46)26-12-16-27(17-13-26)36-30(45)24-29(44)25-10-14-28(15-11-25)37-32-38-33(42-19-6-4-7-20-42)40-34(39-32)43-21-8-5-9-22-43;;;;;;;;;/h10-17H,3-9,18-24H2,1-2H3,(H,35,46)(H,36,45)(H,37,38,39,40);1H;4*1H3;4*1H. The molecule has 292 valence electrons. The van der Waals surface area contributed by atoms with E-state index in [2.05, 4.69) is 37.6 Å². The summed E-state index contributed by atoms with van der Waals surface area (Å²) in [5.41, 5.74) is 2.19. The molecule has 2 fully saturated rings. The predicted octanol–water partition coefficient (Wildman–Crippen LogP) is 6.54. The lowest BCUT2D eigenvalue weighted by atomic mass is 10.1. The average molecular weight is 740 g/mol. The Balaban J connectivity index is -0.000000926. The Hall–Kier alpha value is -4.45. The first-order chi connectivity index (χ1) is 22.4. The second kappa shape index (κ2) is 23.1. The molecule has 0 aliphatic carbocycles. The summed E-state index contributed by atoms with van der Waals surface area (Å²) in [7, 11) is 2.00. The van der Waals surface area contributed by atoms with Crippen LogP contribution < -0.4 is 50.4 Å². The largest absolute Gasteiger partial charge is 0.351 e. The molecule has 2 aliphatic rings. The highest BCUT2D eigenvalue weighted by Gasteiger charge is 2.21. The van der Waals surface area contributed by atoms with E-state index in [1.54, 1.807) is 48.5 Å². The summed E-state index contributed by atoms with van der Waals surface area (Å²) in [6, 6.07) is 13.6. The Morgan fingerprint density at radius 3 is 1.73 bits per heavy atom. The van der Waals surface area contributed by atoms with Crippen LogP contribution >= 0.6 is 12.4 Å². The first kappa shape index (κ1) is 46.5. The second-order valence-electron chi connectivity index (χ2n) is 11.9. The fraction of sp³-hybridized carbons (Fsp3) is 0.471. The van der Waals surface area contributed by atoms with Crippen LogP contribution in [0.15, 0.2) is 48.5 Å². The number of carbonyl (C=O) groups is 3. The van der Waals surface area contributed by atoms with Gasteiger partial charge in [-0.1, -0.05) is 6.92 Å². The molecule has 0 radical (unpaired) electrons. The molecule has 0 unspecified atom stereocenters. The fourth-order valence-corrected chi connectivity index (χ4v) is 5.53. The molecule has 17 heteroatoms. The van der Waals surface area contributed by atoms with Gasteiger partial charge in [-0.2, -0.15) is 15.0 Å². The number of aromatic nitrogens is 3. The minimum atomic E-state index is -0.423. The van der Waals surface area contributed by atoms with Crippen molar-refractivity contribution in [3.63, 3.8) is 0 Å². The zero-order valence-corrected chi connectivity index (χ0v) is 31.0. The van der Waals surface area contributed by atoms with Gasteiger partial charge in [0.15, 0.2) is 5.78 Å².